The van der Waals surface area contributed by atoms with E-state index in [0.29, 0.717) is 0 Å². The second-order valence-electron chi connectivity index (χ2n) is 5.72. The SMILES string of the molecule is O=C(COc1ccc(C(F)(F)F)cc1)NCc1cnn(-c2ccccc2)c1. The summed E-state index contributed by atoms with van der Waals surface area (Å²) >= 11 is 0. The fourth-order valence-electron chi connectivity index (χ4n) is 2.31. The highest BCUT2D eigenvalue weighted by atomic mass is 19.4. The van der Waals surface area contributed by atoms with E-state index >= 15 is 0 Å². The van der Waals surface area contributed by atoms with Gasteiger partial charge < -0.3 is 10.1 Å². The first-order valence-electron chi connectivity index (χ1n) is 8.07. The second-order valence-corrected chi connectivity index (χ2v) is 5.72. The highest BCUT2D eigenvalue weighted by Gasteiger charge is 2.30. The molecule has 0 bridgehead atoms. The Kier molecular flexibility index (Phi) is 5.44. The lowest BCUT2D eigenvalue weighted by Crippen LogP contribution is -2.28. The van der Waals surface area contributed by atoms with Crippen molar-refractivity contribution in [2.75, 3.05) is 6.61 Å². The van der Waals surface area contributed by atoms with Gasteiger partial charge in [0.2, 0.25) is 0 Å². The van der Waals surface area contributed by atoms with E-state index in [1.807, 2.05) is 30.3 Å². The van der Waals surface area contributed by atoms with Crippen LogP contribution in [-0.4, -0.2) is 22.3 Å². The number of amides is 1. The number of hydrogen-bond donors (Lipinski definition) is 1. The maximum atomic E-state index is 12.5. The molecule has 0 radical (unpaired) electrons. The number of nitrogens with one attached hydrogen (secondary N) is 1. The molecule has 0 atom stereocenters. The van der Waals surface area contributed by atoms with Gasteiger partial charge in [0.15, 0.2) is 6.61 Å². The van der Waals surface area contributed by atoms with Gasteiger partial charge in [-0.3, -0.25) is 4.79 Å². The zero-order valence-electron chi connectivity index (χ0n) is 14.1. The Hall–Kier alpha value is -3.29. The molecule has 2 aromatic carbocycles. The molecule has 1 heterocycles. The maximum absolute atomic E-state index is 12.5. The molecule has 0 aliphatic carbocycles. The minimum absolute atomic E-state index is 0.190. The predicted octanol–water partition coefficient (Wildman–Crippen LogP) is 3.59. The fraction of sp³-hybridized carbons (Fsp3) is 0.158. The van der Waals surface area contributed by atoms with E-state index in [-0.39, 0.29) is 24.8 Å². The minimum atomic E-state index is -4.40. The first-order valence-corrected chi connectivity index (χ1v) is 8.07. The first-order chi connectivity index (χ1) is 12.9. The van der Waals surface area contributed by atoms with Gasteiger partial charge in [0.05, 0.1) is 17.4 Å². The third kappa shape index (κ3) is 5.10. The van der Waals surface area contributed by atoms with Gasteiger partial charge in [-0.1, -0.05) is 18.2 Å². The fourth-order valence-corrected chi connectivity index (χ4v) is 2.31. The first kappa shape index (κ1) is 18.5. The van der Waals surface area contributed by atoms with Crippen LogP contribution in [0.25, 0.3) is 5.69 Å². The summed E-state index contributed by atoms with van der Waals surface area (Å²) < 4.78 is 44.4. The summed E-state index contributed by atoms with van der Waals surface area (Å²) in [6.45, 7) is -0.0276. The molecule has 3 rings (SSSR count). The Morgan fingerprint density at radius 2 is 1.78 bits per heavy atom. The van der Waals surface area contributed by atoms with Crippen LogP contribution in [0.1, 0.15) is 11.1 Å². The number of ether oxygens (including phenoxy) is 1. The number of carbonyl (C=O) groups excluding carboxylic acids is 1. The van der Waals surface area contributed by atoms with Gasteiger partial charge in [0.25, 0.3) is 5.91 Å². The van der Waals surface area contributed by atoms with Crippen molar-refractivity contribution in [1.82, 2.24) is 15.1 Å². The van der Waals surface area contributed by atoms with Crippen LogP contribution < -0.4 is 10.1 Å². The summed E-state index contributed by atoms with van der Waals surface area (Å²) in [5.74, 6) is -0.197. The van der Waals surface area contributed by atoms with Gasteiger partial charge in [0.1, 0.15) is 5.75 Å². The Bertz CT molecular complexity index is 891. The normalized spacial score (nSPS) is 11.2. The average Bonchev–Trinajstić information content (AvgIpc) is 3.14. The van der Waals surface area contributed by atoms with E-state index < -0.39 is 11.7 Å². The van der Waals surface area contributed by atoms with Crippen molar-refractivity contribution >= 4 is 5.91 Å². The topological polar surface area (TPSA) is 56.1 Å². The van der Waals surface area contributed by atoms with E-state index in [0.717, 1.165) is 23.4 Å². The summed E-state index contributed by atoms with van der Waals surface area (Å²) in [4.78, 5) is 11.8. The summed E-state index contributed by atoms with van der Waals surface area (Å²) in [6, 6.07) is 13.7. The zero-order chi connectivity index (χ0) is 19.3. The van der Waals surface area contributed by atoms with Crippen LogP contribution in [0.4, 0.5) is 13.2 Å². The third-order valence-electron chi connectivity index (χ3n) is 3.70. The van der Waals surface area contributed by atoms with Gasteiger partial charge in [-0.25, -0.2) is 4.68 Å². The van der Waals surface area contributed by atoms with Crippen LogP contribution in [0.3, 0.4) is 0 Å². The zero-order valence-corrected chi connectivity index (χ0v) is 14.1. The van der Waals surface area contributed by atoms with E-state index in [2.05, 4.69) is 10.4 Å². The quantitative estimate of drug-likeness (QED) is 0.716. The summed E-state index contributed by atoms with van der Waals surface area (Å²) in [5.41, 5.74) is 0.942. The number of hydrogen-bond acceptors (Lipinski definition) is 3. The molecule has 27 heavy (non-hydrogen) atoms. The number of aromatic nitrogens is 2. The largest absolute Gasteiger partial charge is 0.484 e. The summed E-state index contributed by atoms with van der Waals surface area (Å²) in [6.07, 6.45) is -0.962. The lowest BCUT2D eigenvalue weighted by molar-refractivity contribution is -0.137. The molecule has 1 amide bonds. The van der Waals surface area contributed by atoms with Crippen molar-refractivity contribution in [2.24, 2.45) is 0 Å². The van der Waals surface area contributed by atoms with Gasteiger partial charge in [-0.2, -0.15) is 18.3 Å². The molecule has 0 aliphatic rings. The number of para-hydroxylation sites is 1. The van der Waals surface area contributed by atoms with Gasteiger partial charge >= 0.3 is 6.18 Å². The highest BCUT2D eigenvalue weighted by Crippen LogP contribution is 2.30. The van der Waals surface area contributed by atoms with Crippen LogP contribution in [0, 0.1) is 0 Å². The van der Waals surface area contributed by atoms with Gasteiger partial charge in [-0.15, -0.1) is 0 Å². The molecule has 0 saturated carbocycles. The molecule has 3 aromatic rings. The van der Waals surface area contributed by atoms with Gasteiger partial charge in [-0.05, 0) is 36.4 Å². The Balaban J connectivity index is 1.47. The molecule has 0 spiro atoms. The number of carbonyl (C=O) groups is 1. The second kappa shape index (κ2) is 7.94. The Labute approximate surface area is 153 Å². The monoisotopic (exact) mass is 375 g/mol. The van der Waals surface area contributed by atoms with Crippen molar-refractivity contribution in [3.63, 3.8) is 0 Å². The van der Waals surface area contributed by atoms with Crippen LogP contribution in [0.5, 0.6) is 5.75 Å². The summed E-state index contributed by atoms with van der Waals surface area (Å²) in [5, 5.41) is 6.90. The van der Waals surface area contributed by atoms with Crippen molar-refractivity contribution in [3.8, 4) is 11.4 Å². The molecule has 8 heteroatoms. The number of halogens is 3. The number of alkyl halides is 3. The molecule has 0 unspecified atom stereocenters. The number of rotatable bonds is 6. The lowest BCUT2D eigenvalue weighted by atomic mass is 10.2. The van der Waals surface area contributed by atoms with E-state index in [9.17, 15) is 18.0 Å². The Morgan fingerprint density at radius 3 is 2.44 bits per heavy atom. The summed E-state index contributed by atoms with van der Waals surface area (Å²) in [7, 11) is 0. The third-order valence-corrected chi connectivity index (χ3v) is 3.70. The average molecular weight is 375 g/mol. The van der Waals surface area contributed by atoms with Crippen LogP contribution in [0.2, 0.25) is 0 Å². The van der Waals surface area contributed by atoms with Crippen LogP contribution in [-0.2, 0) is 17.5 Å². The van der Waals surface area contributed by atoms with Crippen LogP contribution in [0.15, 0.2) is 67.0 Å². The van der Waals surface area contributed by atoms with Gasteiger partial charge in [0, 0.05) is 18.3 Å². The van der Waals surface area contributed by atoms with E-state index in [1.165, 1.54) is 12.1 Å². The molecular weight excluding hydrogens is 359 g/mol. The molecule has 140 valence electrons. The maximum Gasteiger partial charge on any atom is 0.416 e. The lowest BCUT2D eigenvalue weighted by Gasteiger charge is -2.09. The number of nitrogens with zero attached hydrogens (tertiary/aromatic N) is 2. The minimum Gasteiger partial charge on any atom is -0.484 e. The molecule has 1 N–H and O–H groups in total. The predicted molar refractivity (Wildman–Crippen MR) is 92.3 cm³/mol. The molecule has 5 nitrogen and oxygen atoms in total. The standard InChI is InChI=1S/C19H16F3N3O2/c20-19(21,22)15-6-8-17(9-7-15)27-13-18(26)23-10-14-11-24-25(12-14)16-4-2-1-3-5-16/h1-9,11-12H,10,13H2,(H,23,26). The van der Waals surface area contributed by atoms with Crippen molar-refractivity contribution in [2.45, 2.75) is 12.7 Å². The molecule has 1 aromatic heterocycles. The molecule has 0 fully saturated rings. The van der Waals surface area contributed by atoms with E-state index in [1.54, 1.807) is 17.1 Å². The van der Waals surface area contributed by atoms with Crippen molar-refractivity contribution in [3.05, 3.63) is 78.1 Å². The molecular formula is C19H16F3N3O2. The molecule has 0 saturated heterocycles. The number of benzene rings is 2. The smallest absolute Gasteiger partial charge is 0.416 e. The van der Waals surface area contributed by atoms with Crippen molar-refractivity contribution < 1.29 is 22.7 Å². The van der Waals surface area contributed by atoms with E-state index in [4.69, 9.17) is 4.74 Å². The van der Waals surface area contributed by atoms with Crippen molar-refractivity contribution in [1.29, 1.82) is 0 Å². The Morgan fingerprint density at radius 1 is 1.07 bits per heavy atom. The molecule has 0 aliphatic heterocycles. The highest BCUT2D eigenvalue weighted by molar-refractivity contribution is 5.77. The van der Waals surface area contributed by atoms with Crippen LogP contribution >= 0.6 is 0 Å².